The summed E-state index contributed by atoms with van der Waals surface area (Å²) in [5, 5.41) is 2.86. The Balaban J connectivity index is 1.53. The molecule has 0 saturated heterocycles. The zero-order valence-electron chi connectivity index (χ0n) is 16.0. The van der Waals surface area contributed by atoms with E-state index in [9.17, 15) is 13.6 Å². The second-order valence-electron chi connectivity index (χ2n) is 6.71. The summed E-state index contributed by atoms with van der Waals surface area (Å²) in [6, 6.07) is 23.4. The highest BCUT2D eigenvalue weighted by atomic mass is 19.3. The lowest BCUT2D eigenvalue weighted by molar-refractivity contribution is -0.0498. The number of hydrogen-bond acceptors (Lipinski definition) is 3. The van der Waals surface area contributed by atoms with E-state index in [0.29, 0.717) is 18.7 Å². The van der Waals surface area contributed by atoms with Crippen molar-refractivity contribution in [3.8, 4) is 5.75 Å². The van der Waals surface area contributed by atoms with Gasteiger partial charge in [0.2, 0.25) is 0 Å². The van der Waals surface area contributed by atoms with Crippen LogP contribution in [-0.4, -0.2) is 24.5 Å². The predicted molar refractivity (Wildman–Crippen MR) is 109 cm³/mol. The molecule has 0 fully saturated rings. The Labute approximate surface area is 168 Å². The molecule has 0 aliphatic carbocycles. The summed E-state index contributed by atoms with van der Waals surface area (Å²) in [4.78, 5) is 14.4. The van der Waals surface area contributed by atoms with E-state index in [1.807, 2.05) is 49.5 Å². The molecule has 0 atom stereocenters. The smallest absolute Gasteiger partial charge is 0.387 e. The van der Waals surface area contributed by atoms with Crippen molar-refractivity contribution in [3.05, 3.63) is 95.6 Å². The molecule has 0 radical (unpaired) electrons. The Morgan fingerprint density at radius 1 is 0.897 bits per heavy atom. The zero-order chi connectivity index (χ0) is 20.6. The SMILES string of the molecule is CN(Cc1ccc(OC(F)F)cc1)Cc1ccc(C(=O)Nc2ccccc2)cc1. The van der Waals surface area contributed by atoms with E-state index in [2.05, 4.69) is 15.0 Å². The molecule has 3 aromatic carbocycles. The fourth-order valence-corrected chi connectivity index (χ4v) is 2.94. The maximum atomic E-state index is 12.3. The minimum atomic E-state index is -2.82. The lowest BCUT2D eigenvalue weighted by Gasteiger charge is -2.17. The molecule has 0 aromatic heterocycles. The molecule has 3 rings (SSSR count). The van der Waals surface area contributed by atoms with Crippen molar-refractivity contribution < 1.29 is 18.3 Å². The summed E-state index contributed by atoms with van der Waals surface area (Å²) in [7, 11) is 1.97. The van der Waals surface area contributed by atoms with Gasteiger partial charge in [0.15, 0.2) is 0 Å². The summed E-state index contributed by atoms with van der Waals surface area (Å²) >= 11 is 0. The molecule has 6 heteroatoms. The van der Waals surface area contributed by atoms with Crippen LogP contribution in [0.2, 0.25) is 0 Å². The van der Waals surface area contributed by atoms with Gasteiger partial charge in [0.05, 0.1) is 0 Å². The molecule has 0 saturated carbocycles. The van der Waals surface area contributed by atoms with Gasteiger partial charge < -0.3 is 10.1 Å². The number of nitrogens with zero attached hydrogens (tertiary/aromatic N) is 1. The van der Waals surface area contributed by atoms with E-state index >= 15 is 0 Å². The number of carbonyl (C=O) groups excluding carboxylic acids is 1. The number of rotatable bonds is 8. The van der Waals surface area contributed by atoms with Gasteiger partial charge in [-0.2, -0.15) is 8.78 Å². The van der Waals surface area contributed by atoms with Gasteiger partial charge in [-0.1, -0.05) is 42.5 Å². The van der Waals surface area contributed by atoms with Gasteiger partial charge in [-0.15, -0.1) is 0 Å². The number of nitrogens with one attached hydrogen (secondary N) is 1. The average Bonchev–Trinajstić information content (AvgIpc) is 2.70. The normalized spacial score (nSPS) is 10.9. The van der Waals surface area contributed by atoms with E-state index in [0.717, 1.165) is 16.8 Å². The molecule has 150 valence electrons. The molecular weight excluding hydrogens is 374 g/mol. The lowest BCUT2D eigenvalue weighted by atomic mass is 10.1. The molecule has 3 aromatic rings. The van der Waals surface area contributed by atoms with Gasteiger partial charge >= 0.3 is 6.61 Å². The van der Waals surface area contributed by atoms with Crippen molar-refractivity contribution in [2.24, 2.45) is 0 Å². The zero-order valence-corrected chi connectivity index (χ0v) is 16.0. The van der Waals surface area contributed by atoms with Crippen LogP contribution in [0.25, 0.3) is 0 Å². The van der Waals surface area contributed by atoms with Crippen molar-refractivity contribution in [2.75, 3.05) is 12.4 Å². The molecule has 29 heavy (non-hydrogen) atoms. The fourth-order valence-electron chi connectivity index (χ4n) is 2.94. The highest BCUT2D eigenvalue weighted by Gasteiger charge is 2.08. The van der Waals surface area contributed by atoms with E-state index in [1.54, 1.807) is 24.3 Å². The van der Waals surface area contributed by atoms with Crippen molar-refractivity contribution >= 4 is 11.6 Å². The quantitative estimate of drug-likeness (QED) is 0.571. The van der Waals surface area contributed by atoms with Crippen LogP contribution in [0.3, 0.4) is 0 Å². The van der Waals surface area contributed by atoms with Crippen molar-refractivity contribution in [3.63, 3.8) is 0 Å². The third-order valence-electron chi connectivity index (χ3n) is 4.30. The minimum Gasteiger partial charge on any atom is -0.435 e. The van der Waals surface area contributed by atoms with E-state index in [1.165, 1.54) is 12.1 Å². The van der Waals surface area contributed by atoms with Gasteiger partial charge in [-0.25, -0.2) is 0 Å². The Morgan fingerprint density at radius 2 is 1.45 bits per heavy atom. The summed E-state index contributed by atoms with van der Waals surface area (Å²) in [5.41, 5.74) is 3.41. The first-order valence-corrected chi connectivity index (χ1v) is 9.17. The molecule has 0 heterocycles. The molecule has 1 amide bonds. The van der Waals surface area contributed by atoms with Gasteiger partial charge in [0.1, 0.15) is 5.75 Å². The first-order chi connectivity index (χ1) is 14.0. The number of amides is 1. The average molecular weight is 396 g/mol. The van der Waals surface area contributed by atoms with Gasteiger partial charge in [0, 0.05) is 24.3 Å². The molecule has 0 spiro atoms. The summed E-state index contributed by atoms with van der Waals surface area (Å²) in [5.74, 6) is -0.00187. The fraction of sp³-hybridized carbons (Fsp3) is 0.174. The number of alkyl halides is 2. The van der Waals surface area contributed by atoms with Crippen molar-refractivity contribution in [1.29, 1.82) is 0 Å². The van der Waals surface area contributed by atoms with Crippen molar-refractivity contribution in [2.45, 2.75) is 19.7 Å². The minimum absolute atomic E-state index is 0.149. The Bertz CT molecular complexity index is 914. The van der Waals surface area contributed by atoms with Crippen LogP contribution in [-0.2, 0) is 13.1 Å². The summed E-state index contributed by atoms with van der Waals surface area (Å²) in [6.07, 6.45) is 0. The van der Waals surface area contributed by atoms with Gasteiger partial charge in [-0.05, 0) is 54.6 Å². The van der Waals surface area contributed by atoms with Crippen LogP contribution in [0.1, 0.15) is 21.5 Å². The third-order valence-corrected chi connectivity index (χ3v) is 4.30. The number of hydrogen-bond donors (Lipinski definition) is 1. The van der Waals surface area contributed by atoms with Crippen LogP contribution in [0.4, 0.5) is 14.5 Å². The predicted octanol–water partition coefficient (Wildman–Crippen LogP) is 5.17. The second kappa shape index (κ2) is 9.80. The highest BCUT2D eigenvalue weighted by Crippen LogP contribution is 2.17. The number of anilines is 1. The number of halogens is 2. The molecule has 4 nitrogen and oxygen atoms in total. The largest absolute Gasteiger partial charge is 0.435 e. The van der Waals surface area contributed by atoms with Crippen LogP contribution in [0.15, 0.2) is 78.9 Å². The number of para-hydroxylation sites is 1. The molecular formula is C23H22F2N2O2. The molecule has 1 N–H and O–H groups in total. The Morgan fingerprint density at radius 3 is 2.00 bits per heavy atom. The first-order valence-electron chi connectivity index (χ1n) is 9.17. The standard InChI is InChI=1S/C23H22F2N2O2/c1-27(16-18-9-13-21(14-10-18)29-23(24)25)15-17-7-11-19(12-8-17)22(28)26-20-5-3-2-4-6-20/h2-14,23H,15-16H2,1H3,(H,26,28). The maximum Gasteiger partial charge on any atom is 0.387 e. The van der Waals surface area contributed by atoms with Crippen LogP contribution >= 0.6 is 0 Å². The Kier molecular flexibility index (Phi) is 6.92. The molecule has 0 bridgehead atoms. The monoisotopic (exact) mass is 396 g/mol. The van der Waals surface area contributed by atoms with Crippen molar-refractivity contribution in [1.82, 2.24) is 4.90 Å². The molecule has 0 unspecified atom stereocenters. The Hall–Kier alpha value is -3.25. The summed E-state index contributed by atoms with van der Waals surface area (Å²) in [6.45, 7) is -1.47. The lowest BCUT2D eigenvalue weighted by Crippen LogP contribution is -2.17. The van der Waals surface area contributed by atoms with Crippen LogP contribution in [0, 0.1) is 0 Å². The van der Waals surface area contributed by atoms with Crippen LogP contribution < -0.4 is 10.1 Å². The maximum absolute atomic E-state index is 12.3. The number of benzene rings is 3. The number of ether oxygens (including phenoxy) is 1. The van der Waals surface area contributed by atoms with E-state index in [4.69, 9.17) is 0 Å². The first kappa shape index (κ1) is 20.5. The summed E-state index contributed by atoms with van der Waals surface area (Å²) < 4.78 is 28.8. The van der Waals surface area contributed by atoms with Gasteiger partial charge in [0.25, 0.3) is 5.91 Å². The molecule has 0 aliphatic heterocycles. The van der Waals surface area contributed by atoms with Gasteiger partial charge in [-0.3, -0.25) is 9.69 Å². The molecule has 0 aliphatic rings. The highest BCUT2D eigenvalue weighted by molar-refractivity contribution is 6.04. The van der Waals surface area contributed by atoms with E-state index in [-0.39, 0.29) is 11.7 Å². The second-order valence-corrected chi connectivity index (χ2v) is 6.71. The van der Waals surface area contributed by atoms with Crippen LogP contribution in [0.5, 0.6) is 5.75 Å². The topological polar surface area (TPSA) is 41.6 Å². The number of carbonyl (C=O) groups is 1. The third kappa shape index (κ3) is 6.40. The van der Waals surface area contributed by atoms with E-state index < -0.39 is 6.61 Å².